The lowest BCUT2D eigenvalue weighted by molar-refractivity contribution is 0.406. The molecular weight excluding hydrogens is 126 g/mol. The number of nitrogens with zero attached hydrogens (tertiary/aromatic N) is 1. The van der Waals surface area contributed by atoms with Gasteiger partial charge in [-0.25, -0.2) is 0 Å². The number of rotatable bonds is 2. The monoisotopic (exact) mass is 139 g/mol. The molecule has 0 saturated carbocycles. The molecule has 0 radical (unpaired) electrons. The molecule has 1 fully saturated rings. The van der Waals surface area contributed by atoms with Gasteiger partial charge in [0.1, 0.15) is 5.82 Å². The molecule has 1 aliphatic heterocycles. The van der Waals surface area contributed by atoms with Gasteiger partial charge in [-0.3, -0.25) is 0 Å². The fourth-order valence-corrected chi connectivity index (χ4v) is 1.09. The van der Waals surface area contributed by atoms with E-state index in [2.05, 4.69) is 22.5 Å². The number of nitrogens with one attached hydrogen (secondary N) is 1. The summed E-state index contributed by atoms with van der Waals surface area (Å²) in [6.07, 6.45) is 0. The van der Waals surface area contributed by atoms with Crippen LogP contribution in [0.2, 0.25) is 0 Å². The number of nitrogens with two attached hydrogens (primary N) is 1. The van der Waals surface area contributed by atoms with Crippen molar-refractivity contribution >= 4 is 0 Å². The Morgan fingerprint density at radius 1 is 1.80 bits per heavy atom. The topological polar surface area (TPSA) is 41.3 Å². The first-order valence-corrected chi connectivity index (χ1v) is 3.47. The molecule has 0 unspecified atom stereocenters. The van der Waals surface area contributed by atoms with E-state index in [1.54, 1.807) is 0 Å². The molecule has 1 aliphatic rings. The van der Waals surface area contributed by atoms with Crippen molar-refractivity contribution in [2.75, 3.05) is 26.2 Å². The van der Waals surface area contributed by atoms with Gasteiger partial charge in [0.15, 0.2) is 0 Å². The maximum absolute atomic E-state index is 5.39. The van der Waals surface area contributed by atoms with Crippen molar-refractivity contribution in [3.05, 3.63) is 18.1 Å². The van der Waals surface area contributed by atoms with Crippen molar-refractivity contribution in [1.82, 2.24) is 10.2 Å². The second-order valence-corrected chi connectivity index (χ2v) is 2.23. The molecule has 0 bridgehead atoms. The zero-order valence-corrected chi connectivity index (χ0v) is 6.06. The van der Waals surface area contributed by atoms with Crippen LogP contribution in [0.4, 0.5) is 0 Å². The van der Waals surface area contributed by atoms with Crippen LogP contribution in [0.15, 0.2) is 18.1 Å². The Morgan fingerprint density at radius 2 is 2.60 bits per heavy atom. The maximum Gasteiger partial charge on any atom is 0.146 e. The lowest BCUT2D eigenvalue weighted by Gasteiger charge is -2.14. The molecule has 1 heterocycles. The Hall–Kier alpha value is -0.920. The summed E-state index contributed by atoms with van der Waals surface area (Å²) < 4.78 is 0. The Labute approximate surface area is 61.2 Å². The summed E-state index contributed by atoms with van der Waals surface area (Å²) >= 11 is 0. The van der Waals surface area contributed by atoms with Crippen LogP contribution >= 0.6 is 0 Å². The molecule has 3 nitrogen and oxygen atoms in total. The van der Waals surface area contributed by atoms with Crippen LogP contribution in [0.1, 0.15) is 0 Å². The van der Waals surface area contributed by atoms with E-state index in [1.807, 2.05) is 0 Å². The van der Waals surface area contributed by atoms with E-state index in [1.165, 1.54) is 0 Å². The minimum absolute atomic E-state index is 0.687. The van der Waals surface area contributed by atoms with Crippen molar-refractivity contribution in [1.29, 1.82) is 0 Å². The average molecular weight is 139 g/mol. The maximum atomic E-state index is 5.39. The average Bonchev–Trinajstić information content (AvgIpc) is 2.36. The summed E-state index contributed by atoms with van der Waals surface area (Å²) in [4.78, 5) is 2.15. The lowest BCUT2D eigenvalue weighted by Crippen LogP contribution is -2.26. The minimum Gasteiger partial charge on any atom is -0.363 e. The van der Waals surface area contributed by atoms with Crippen molar-refractivity contribution < 1.29 is 0 Å². The molecule has 0 atom stereocenters. The van der Waals surface area contributed by atoms with Crippen molar-refractivity contribution in [3.8, 4) is 0 Å². The Morgan fingerprint density at radius 3 is 3.20 bits per heavy atom. The highest BCUT2D eigenvalue weighted by atomic mass is 15.3. The van der Waals surface area contributed by atoms with Crippen molar-refractivity contribution in [2.45, 2.75) is 0 Å². The fraction of sp³-hybridized carbons (Fsp3) is 0.571. The van der Waals surface area contributed by atoms with Gasteiger partial charge in [0, 0.05) is 26.2 Å². The van der Waals surface area contributed by atoms with E-state index >= 15 is 0 Å². The summed E-state index contributed by atoms with van der Waals surface area (Å²) in [5.74, 6) is 0.991. The first-order chi connectivity index (χ1) is 4.88. The zero-order chi connectivity index (χ0) is 7.40. The van der Waals surface area contributed by atoms with Gasteiger partial charge in [0.05, 0.1) is 0 Å². The van der Waals surface area contributed by atoms with E-state index in [0.29, 0.717) is 6.54 Å². The third-order valence-electron chi connectivity index (χ3n) is 1.56. The van der Waals surface area contributed by atoms with E-state index in [-0.39, 0.29) is 0 Å². The number of hydrogen-bond donors (Lipinski definition) is 2. The molecule has 0 aromatic carbocycles. The largest absolute Gasteiger partial charge is 0.363 e. The first-order valence-electron chi connectivity index (χ1n) is 3.47. The number of hydrogen-bond acceptors (Lipinski definition) is 3. The molecule has 1 rings (SSSR count). The Bertz CT molecular complexity index is 158. The normalized spacial score (nSPS) is 16.9. The molecule has 0 aromatic heterocycles. The van der Waals surface area contributed by atoms with Crippen LogP contribution in [0.25, 0.3) is 0 Å². The summed E-state index contributed by atoms with van der Waals surface area (Å²) in [5.41, 5.74) is 8.22. The van der Waals surface area contributed by atoms with Gasteiger partial charge < -0.3 is 16.0 Å². The summed E-state index contributed by atoms with van der Waals surface area (Å²) in [6, 6.07) is 0. The predicted octanol–water partition coefficient (Wildman–Crippen LogP) is -0.523. The quantitative estimate of drug-likeness (QED) is 0.506. The van der Waals surface area contributed by atoms with E-state index in [9.17, 15) is 0 Å². The fourth-order valence-electron chi connectivity index (χ4n) is 1.09. The molecular formula is C7H13N3. The predicted molar refractivity (Wildman–Crippen MR) is 41.3 cm³/mol. The molecule has 0 amide bonds. The highest BCUT2D eigenvalue weighted by Crippen LogP contribution is 2.02. The molecule has 3 N–H and O–H groups in total. The third kappa shape index (κ3) is 1.32. The highest BCUT2D eigenvalue weighted by molar-refractivity contribution is 5.01. The molecule has 0 aliphatic carbocycles. The van der Waals surface area contributed by atoms with Crippen LogP contribution in [-0.4, -0.2) is 31.1 Å². The summed E-state index contributed by atoms with van der Waals surface area (Å²) in [6.45, 7) is 7.16. The second-order valence-electron chi connectivity index (χ2n) is 2.23. The van der Waals surface area contributed by atoms with Crippen LogP contribution in [0, 0.1) is 0 Å². The van der Waals surface area contributed by atoms with Gasteiger partial charge in [-0.2, -0.15) is 0 Å². The van der Waals surface area contributed by atoms with Gasteiger partial charge in [-0.15, -0.1) is 0 Å². The van der Waals surface area contributed by atoms with Crippen LogP contribution in [-0.2, 0) is 0 Å². The van der Waals surface area contributed by atoms with Crippen LogP contribution < -0.4 is 11.1 Å². The lowest BCUT2D eigenvalue weighted by atomic mass is 10.5. The van der Waals surface area contributed by atoms with Crippen LogP contribution in [0.3, 0.4) is 0 Å². The Kier molecular flexibility index (Phi) is 2.37. The zero-order valence-electron chi connectivity index (χ0n) is 6.06. The van der Waals surface area contributed by atoms with Gasteiger partial charge in [0.2, 0.25) is 0 Å². The Balaban J connectivity index is 2.50. The van der Waals surface area contributed by atoms with Gasteiger partial charge >= 0.3 is 0 Å². The highest BCUT2D eigenvalue weighted by Gasteiger charge is 2.13. The van der Waals surface area contributed by atoms with Crippen LogP contribution in [0.5, 0.6) is 0 Å². The van der Waals surface area contributed by atoms with E-state index in [4.69, 9.17) is 5.73 Å². The SMILES string of the molecule is C=C=C1NCCN1CCN. The van der Waals surface area contributed by atoms with Gasteiger partial charge in [-0.1, -0.05) is 12.3 Å². The van der Waals surface area contributed by atoms with Gasteiger partial charge in [-0.05, 0) is 0 Å². The molecule has 56 valence electrons. The first kappa shape index (κ1) is 7.19. The molecule has 0 aromatic rings. The summed E-state index contributed by atoms with van der Waals surface area (Å²) in [7, 11) is 0. The molecule has 10 heavy (non-hydrogen) atoms. The standard InChI is InChI=1S/C7H13N3/c1-2-7-9-4-6-10(7)5-3-8/h9H,1,3-6,8H2. The van der Waals surface area contributed by atoms with E-state index < -0.39 is 0 Å². The minimum atomic E-state index is 0.687. The molecule has 0 spiro atoms. The smallest absolute Gasteiger partial charge is 0.146 e. The second kappa shape index (κ2) is 3.30. The summed E-state index contributed by atoms with van der Waals surface area (Å²) in [5, 5.41) is 3.15. The molecule has 3 heteroatoms. The van der Waals surface area contributed by atoms with Crippen molar-refractivity contribution in [3.63, 3.8) is 0 Å². The van der Waals surface area contributed by atoms with E-state index in [0.717, 1.165) is 25.5 Å². The van der Waals surface area contributed by atoms with Crippen molar-refractivity contribution in [2.24, 2.45) is 5.73 Å². The third-order valence-corrected chi connectivity index (χ3v) is 1.56. The molecule has 1 saturated heterocycles. The van der Waals surface area contributed by atoms with Gasteiger partial charge in [0.25, 0.3) is 0 Å².